The number of amides is 1. The Morgan fingerprint density at radius 2 is 1.90 bits per heavy atom. The maximum atomic E-state index is 12.1. The molecule has 0 bridgehead atoms. The summed E-state index contributed by atoms with van der Waals surface area (Å²) in [7, 11) is 4.10. The fraction of sp³-hybridized carbons (Fsp3) is 0.533. The van der Waals surface area contributed by atoms with E-state index in [1.807, 2.05) is 7.05 Å². The van der Waals surface area contributed by atoms with Gasteiger partial charge in [0.2, 0.25) is 0 Å². The molecule has 1 saturated heterocycles. The highest BCUT2D eigenvalue weighted by Gasteiger charge is 2.32. The standard InChI is InChI=1S/C15H22ClN3O/c1-17-15(7-9-19(2)10-8-15)11-18-14(20)12-3-5-13(16)6-4-12/h3-6,17H,7-11H2,1-2H3,(H,18,20). The molecule has 2 N–H and O–H groups in total. The molecule has 0 aromatic heterocycles. The first kappa shape index (κ1) is 15.3. The number of hydrogen-bond acceptors (Lipinski definition) is 3. The molecule has 1 aliphatic rings. The predicted molar refractivity (Wildman–Crippen MR) is 82.3 cm³/mol. The van der Waals surface area contributed by atoms with Crippen LogP contribution in [0.4, 0.5) is 0 Å². The van der Waals surface area contributed by atoms with Crippen LogP contribution < -0.4 is 10.6 Å². The maximum absolute atomic E-state index is 12.1. The van der Waals surface area contributed by atoms with Crippen molar-refractivity contribution >= 4 is 17.5 Å². The van der Waals surface area contributed by atoms with Gasteiger partial charge in [-0.2, -0.15) is 0 Å². The number of nitrogens with zero attached hydrogens (tertiary/aromatic N) is 1. The number of likely N-dealkylation sites (N-methyl/N-ethyl adjacent to an activating group) is 1. The second-order valence-electron chi connectivity index (χ2n) is 5.52. The van der Waals surface area contributed by atoms with Crippen LogP contribution in [0.25, 0.3) is 0 Å². The lowest BCUT2D eigenvalue weighted by molar-refractivity contribution is 0.0917. The van der Waals surface area contributed by atoms with Gasteiger partial charge in [-0.15, -0.1) is 0 Å². The molecule has 1 fully saturated rings. The SMILES string of the molecule is CNC1(CNC(=O)c2ccc(Cl)cc2)CCN(C)CC1. The predicted octanol–water partition coefficient (Wildman–Crippen LogP) is 1.75. The lowest BCUT2D eigenvalue weighted by Crippen LogP contribution is -2.57. The number of carbonyl (C=O) groups excluding carboxylic acids is 1. The molecule has 20 heavy (non-hydrogen) atoms. The molecular weight excluding hydrogens is 274 g/mol. The van der Waals surface area contributed by atoms with E-state index in [4.69, 9.17) is 11.6 Å². The highest BCUT2D eigenvalue weighted by Crippen LogP contribution is 2.20. The number of rotatable bonds is 4. The molecule has 0 radical (unpaired) electrons. The first-order chi connectivity index (χ1) is 9.54. The smallest absolute Gasteiger partial charge is 0.251 e. The monoisotopic (exact) mass is 295 g/mol. The van der Waals surface area contributed by atoms with Gasteiger partial charge in [0.05, 0.1) is 0 Å². The summed E-state index contributed by atoms with van der Waals surface area (Å²) in [4.78, 5) is 14.4. The molecule has 1 aliphatic heterocycles. The average Bonchev–Trinajstić information content (AvgIpc) is 2.48. The molecule has 0 atom stereocenters. The van der Waals surface area contributed by atoms with Crippen molar-refractivity contribution in [1.82, 2.24) is 15.5 Å². The molecule has 0 aliphatic carbocycles. The fourth-order valence-corrected chi connectivity index (χ4v) is 2.64. The van der Waals surface area contributed by atoms with Crippen molar-refractivity contribution in [2.24, 2.45) is 0 Å². The van der Waals surface area contributed by atoms with Gasteiger partial charge in [0, 0.05) is 22.7 Å². The molecule has 5 heteroatoms. The zero-order valence-corrected chi connectivity index (χ0v) is 12.8. The van der Waals surface area contributed by atoms with Gasteiger partial charge in [0.25, 0.3) is 5.91 Å². The van der Waals surface area contributed by atoms with E-state index in [1.165, 1.54) is 0 Å². The maximum Gasteiger partial charge on any atom is 0.251 e. The molecule has 1 aromatic carbocycles. The van der Waals surface area contributed by atoms with E-state index >= 15 is 0 Å². The van der Waals surface area contributed by atoms with E-state index in [9.17, 15) is 4.79 Å². The molecule has 0 unspecified atom stereocenters. The lowest BCUT2D eigenvalue weighted by atomic mass is 9.87. The summed E-state index contributed by atoms with van der Waals surface area (Å²) in [6.07, 6.45) is 2.09. The zero-order valence-electron chi connectivity index (χ0n) is 12.1. The quantitative estimate of drug-likeness (QED) is 0.889. The van der Waals surface area contributed by atoms with Crippen molar-refractivity contribution in [3.63, 3.8) is 0 Å². The van der Waals surface area contributed by atoms with Crippen LogP contribution in [0.15, 0.2) is 24.3 Å². The molecule has 1 heterocycles. The number of hydrogen-bond donors (Lipinski definition) is 2. The van der Waals surface area contributed by atoms with E-state index in [0.29, 0.717) is 17.1 Å². The Bertz CT molecular complexity index is 453. The molecule has 1 amide bonds. The van der Waals surface area contributed by atoms with Crippen LogP contribution in [0, 0.1) is 0 Å². The molecule has 1 aromatic rings. The number of carbonyl (C=O) groups is 1. The summed E-state index contributed by atoms with van der Waals surface area (Å²) in [5, 5.41) is 7.07. The van der Waals surface area contributed by atoms with E-state index < -0.39 is 0 Å². The van der Waals surface area contributed by atoms with Crippen molar-refractivity contribution < 1.29 is 4.79 Å². The lowest BCUT2D eigenvalue weighted by Gasteiger charge is -2.40. The van der Waals surface area contributed by atoms with Crippen LogP contribution in [0.1, 0.15) is 23.2 Å². The van der Waals surface area contributed by atoms with Gasteiger partial charge in [0.15, 0.2) is 0 Å². The summed E-state index contributed by atoms with van der Waals surface area (Å²) < 4.78 is 0. The number of nitrogens with one attached hydrogen (secondary N) is 2. The number of likely N-dealkylation sites (tertiary alicyclic amines) is 1. The molecule has 110 valence electrons. The highest BCUT2D eigenvalue weighted by atomic mass is 35.5. The number of piperidine rings is 1. The Labute approximate surface area is 125 Å². The summed E-state index contributed by atoms with van der Waals surface area (Å²) in [6, 6.07) is 6.97. The zero-order chi connectivity index (χ0) is 14.6. The van der Waals surface area contributed by atoms with E-state index in [-0.39, 0.29) is 11.4 Å². The summed E-state index contributed by atoms with van der Waals surface area (Å²) >= 11 is 5.83. The molecule has 2 rings (SSSR count). The Hall–Kier alpha value is -1.10. The van der Waals surface area contributed by atoms with Crippen LogP contribution in [0.2, 0.25) is 5.02 Å². The summed E-state index contributed by atoms with van der Waals surface area (Å²) in [5.41, 5.74) is 0.655. The molecular formula is C15H22ClN3O. The average molecular weight is 296 g/mol. The van der Waals surface area contributed by atoms with Gasteiger partial charge >= 0.3 is 0 Å². The second kappa shape index (κ2) is 6.57. The number of halogens is 1. The minimum Gasteiger partial charge on any atom is -0.350 e. The summed E-state index contributed by atoms with van der Waals surface area (Å²) in [5.74, 6) is -0.0461. The van der Waals surface area contributed by atoms with Crippen molar-refractivity contribution in [2.75, 3.05) is 33.7 Å². The van der Waals surface area contributed by atoms with Gasteiger partial charge in [-0.3, -0.25) is 4.79 Å². The van der Waals surface area contributed by atoms with Gasteiger partial charge in [-0.05, 0) is 64.3 Å². The Morgan fingerprint density at radius 1 is 1.30 bits per heavy atom. The van der Waals surface area contributed by atoms with Gasteiger partial charge < -0.3 is 15.5 Å². The normalized spacial score (nSPS) is 18.8. The third-order valence-corrected chi connectivity index (χ3v) is 4.42. The van der Waals surface area contributed by atoms with Crippen molar-refractivity contribution in [2.45, 2.75) is 18.4 Å². The van der Waals surface area contributed by atoms with Gasteiger partial charge in [-0.25, -0.2) is 0 Å². The molecule has 0 saturated carbocycles. The fourth-order valence-electron chi connectivity index (χ4n) is 2.51. The second-order valence-corrected chi connectivity index (χ2v) is 5.96. The van der Waals surface area contributed by atoms with Gasteiger partial charge in [-0.1, -0.05) is 11.6 Å². The first-order valence-electron chi connectivity index (χ1n) is 6.96. The third-order valence-electron chi connectivity index (χ3n) is 4.17. The van der Waals surface area contributed by atoms with Crippen LogP contribution in [-0.4, -0.2) is 50.1 Å². The van der Waals surface area contributed by atoms with E-state index in [0.717, 1.165) is 25.9 Å². The summed E-state index contributed by atoms with van der Waals surface area (Å²) in [6.45, 7) is 2.76. The minimum atomic E-state index is -0.0461. The molecule has 0 spiro atoms. The van der Waals surface area contributed by atoms with Crippen molar-refractivity contribution in [3.05, 3.63) is 34.9 Å². The van der Waals surface area contributed by atoms with E-state index in [2.05, 4.69) is 22.6 Å². The Balaban J connectivity index is 1.93. The van der Waals surface area contributed by atoms with Crippen LogP contribution >= 0.6 is 11.6 Å². The van der Waals surface area contributed by atoms with Crippen molar-refractivity contribution in [1.29, 1.82) is 0 Å². The number of benzene rings is 1. The van der Waals surface area contributed by atoms with Crippen LogP contribution in [-0.2, 0) is 0 Å². The Kier molecular flexibility index (Phi) is 5.02. The molecule has 4 nitrogen and oxygen atoms in total. The van der Waals surface area contributed by atoms with Crippen LogP contribution in [0.3, 0.4) is 0 Å². The first-order valence-corrected chi connectivity index (χ1v) is 7.34. The topological polar surface area (TPSA) is 44.4 Å². The minimum absolute atomic E-state index is 0.00853. The highest BCUT2D eigenvalue weighted by molar-refractivity contribution is 6.30. The van der Waals surface area contributed by atoms with Gasteiger partial charge in [0.1, 0.15) is 0 Å². The van der Waals surface area contributed by atoms with Crippen molar-refractivity contribution in [3.8, 4) is 0 Å². The van der Waals surface area contributed by atoms with E-state index in [1.54, 1.807) is 24.3 Å². The largest absolute Gasteiger partial charge is 0.350 e. The van der Waals surface area contributed by atoms with Crippen LogP contribution in [0.5, 0.6) is 0 Å². The third kappa shape index (κ3) is 3.72. The Morgan fingerprint density at radius 3 is 2.45 bits per heavy atom.